The molecule has 0 saturated carbocycles. The van der Waals surface area contributed by atoms with Crippen molar-refractivity contribution in [3.63, 3.8) is 0 Å². The molecule has 1 amide bonds. The molecule has 8 heteroatoms. The molecule has 3 rings (SSSR count). The second kappa shape index (κ2) is 4.87. The Hall–Kier alpha value is -2.38. The zero-order valence-corrected chi connectivity index (χ0v) is 10.8. The van der Waals surface area contributed by atoms with E-state index in [2.05, 4.69) is 15.4 Å². The zero-order valence-electron chi connectivity index (χ0n) is 10.8. The van der Waals surface area contributed by atoms with Crippen molar-refractivity contribution in [1.82, 2.24) is 15.0 Å². The van der Waals surface area contributed by atoms with E-state index in [0.717, 1.165) is 12.1 Å². The van der Waals surface area contributed by atoms with E-state index in [-0.39, 0.29) is 17.1 Å². The van der Waals surface area contributed by atoms with Gasteiger partial charge in [-0.1, -0.05) is 0 Å². The molecule has 1 aromatic heterocycles. The van der Waals surface area contributed by atoms with Crippen LogP contribution < -0.4 is 5.43 Å². The van der Waals surface area contributed by atoms with Gasteiger partial charge in [0.15, 0.2) is 5.82 Å². The number of carbonyl (C=O) groups excluding carboxylic acids is 1. The number of alkyl halides is 3. The van der Waals surface area contributed by atoms with Crippen molar-refractivity contribution in [3.05, 3.63) is 30.1 Å². The first-order valence-corrected chi connectivity index (χ1v) is 6.34. The normalized spacial score (nSPS) is 15.8. The highest BCUT2D eigenvalue weighted by Gasteiger charge is 2.31. The number of hydrogen-bond donors (Lipinski definition) is 1. The van der Waals surface area contributed by atoms with E-state index < -0.39 is 11.7 Å². The molecule has 1 fully saturated rings. The maximum atomic E-state index is 12.8. The van der Waals surface area contributed by atoms with Gasteiger partial charge >= 0.3 is 6.18 Å². The zero-order chi connectivity index (χ0) is 15.0. The molecule has 2 aromatic rings. The van der Waals surface area contributed by atoms with Crippen molar-refractivity contribution >= 4 is 22.6 Å². The van der Waals surface area contributed by atoms with Crippen LogP contribution >= 0.6 is 0 Å². The van der Waals surface area contributed by atoms with Crippen LogP contribution in [0.1, 0.15) is 18.4 Å². The summed E-state index contributed by atoms with van der Waals surface area (Å²) in [6.07, 6.45) is -2.06. The SMILES string of the molecule is O=C1CCCN1Nc1ncnc2ccc(C(F)(F)F)cc12. The molecule has 0 radical (unpaired) electrons. The average molecular weight is 296 g/mol. The summed E-state index contributed by atoms with van der Waals surface area (Å²) in [5.41, 5.74) is 2.38. The van der Waals surface area contributed by atoms with Crippen LogP contribution in [0, 0.1) is 0 Å². The van der Waals surface area contributed by atoms with Crippen molar-refractivity contribution < 1.29 is 18.0 Å². The Morgan fingerprint density at radius 2 is 2.05 bits per heavy atom. The Labute approximate surface area is 117 Å². The Bertz CT molecular complexity index is 701. The fraction of sp³-hybridized carbons (Fsp3) is 0.308. The van der Waals surface area contributed by atoms with Crippen LogP contribution in [-0.4, -0.2) is 27.4 Å². The first-order valence-electron chi connectivity index (χ1n) is 6.34. The van der Waals surface area contributed by atoms with Gasteiger partial charge in [0.2, 0.25) is 5.91 Å². The Kier molecular flexibility index (Phi) is 3.15. The van der Waals surface area contributed by atoms with E-state index >= 15 is 0 Å². The van der Waals surface area contributed by atoms with E-state index in [1.165, 1.54) is 17.4 Å². The number of benzene rings is 1. The molecule has 0 atom stereocenters. The second-order valence-corrected chi connectivity index (χ2v) is 4.71. The maximum absolute atomic E-state index is 12.8. The minimum Gasteiger partial charge on any atom is -0.279 e. The molecule has 0 bridgehead atoms. The molecule has 21 heavy (non-hydrogen) atoms. The predicted octanol–water partition coefficient (Wildman–Crippen LogP) is 2.60. The topological polar surface area (TPSA) is 58.1 Å². The minimum atomic E-state index is -4.44. The number of halogens is 3. The number of carbonyl (C=O) groups is 1. The molecular weight excluding hydrogens is 285 g/mol. The number of aromatic nitrogens is 2. The van der Waals surface area contributed by atoms with Crippen LogP contribution in [0.4, 0.5) is 19.0 Å². The van der Waals surface area contributed by atoms with Crippen molar-refractivity contribution in [2.75, 3.05) is 12.0 Å². The van der Waals surface area contributed by atoms with Gasteiger partial charge in [0.25, 0.3) is 0 Å². The van der Waals surface area contributed by atoms with Crippen molar-refractivity contribution in [3.8, 4) is 0 Å². The van der Waals surface area contributed by atoms with Gasteiger partial charge in [0.05, 0.1) is 11.1 Å². The van der Waals surface area contributed by atoms with Crippen molar-refractivity contribution in [1.29, 1.82) is 0 Å². The Morgan fingerprint density at radius 1 is 1.24 bits per heavy atom. The summed E-state index contributed by atoms with van der Waals surface area (Å²) in [6, 6.07) is 3.25. The third kappa shape index (κ3) is 2.61. The average Bonchev–Trinajstić information content (AvgIpc) is 2.83. The molecule has 1 aliphatic heterocycles. The number of hydrogen-bond acceptors (Lipinski definition) is 4. The van der Waals surface area contributed by atoms with Crippen LogP contribution in [0.15, 0.2) is 24.5 Å². The summed E-state index contributed by atoms with van der Waals surface area (Å²) in [5, 5.41) is 1.59. The highest BCUT2D eigenvalue weighted by atomic mass is 19.4. The highest BCUT2D eigenvalue weighted by Crippen LogP contribution is 2.32. The summed E-state index contributed by atoms with van der Waals surface area (Å²) in [6.45, 7) is 0.503. The number of rotatable bonds is 2. The van der Waals surface area contributed by atoms with E-state index in [1.54, 1.807) is 0 Å². The van der Waals surface area contributed by atoms with Gasteiger partial charge in [-0.3, -0.25) is 15.2 Å². The number of fused-ring (bicyclic) bond motifs is 1. The van der Waals surface area contributed by atoms with E-state index in [9.17, 15) is 18.0 Å². The lowest BCUT2D eigenvalue weighted by Gasteiger charge is -2.18. The smallest absolute Gasteiger partial charge is 0.279 e. The molecule has 110 valence electrons. The monoisotopic (exact) mass is 296 g/mol. The number of amides is 1. The molecule has 1 aromatic carbocycles. The lowest BCUT2D eigenvalue weighted by molar-refractivity contribution is -0.137. The lowest BCUT2D eigenvalue weighted by Crippen LogP contribution is -2.31. The fourth-order valence-electron chi connectivity index (χ4n) is 2.22. The van der Waals surface area contributed by atoms with Crippen LogP contribution in [0.2, 0.25) is 0 Å². The maximum Gasteiger partial charge on any atom is 0.416 e. The highest BCUT2D eigenvalue weighted by molar-refractivity contribution is 5.90. The third-order valence-corrected chi connectivity index (χ3v) is 3.28. The number of anilines is 1. The second-order valence-electron chi connectivity index (χ2n) is 4.71. The van der Waals surface area contributed by atoms with Crippen LogP contribution in [0.3, 0.4) is 0 Å². The van der Waals surface area contributed by atoms with E-state index in [0.29, 0.717) is 24.9 Å². The third-order valence-electron chi connectivity index (χ3n) is 3.28. The summed E-state index contributed by atoms with van der Waals surface area (Å²) in [7, 11) is 0. The van der Waals surface area contributed by atoms with Gasteiger partial charge in [-0.25, -0.2) is 9.97 Å². The first kappa shape index (κ1) is 13.6. The lowest BCUT2D eigenvalue weighted by atomic mass is 10.1. The molecule has 1 aliphatic rings. The van der Waals surface area contributed by atoms with Gasteiger partial charge in [-0.05, 0) is 24.6 Å². The van der Waals surface area contributed by atoms with Crippen LogP contribution in [0.5, 0.6) is 0 Å². The fourth-order valence-corrected chi connectivity index (χ4v) is 2.22. The molecule has 0 unspecified atom stereocenters. The van der Waals surface area contributed by atoms with Crippen LogP contribution in [0.25, 0.3) is 10.9 Å². The molecular formula is C13H11F3N4O. The van der Waals surface area contributed by atoms with Gasteiger partial charge < -0.3 is 0 Å². The molecule has 2 heterocycles. The molecule has 1 N–H and O–H groups in total. The number of nitrogens with one attached hydrogen (secondary N) is 1. The predicted molar refractivity (Wildman–Crippen MR) is 69.1 cm³/mol. The van der Waals surface area contributed by atoms with Crippen molar-refractivity contribution in [2.24, 2.45) is 0 Å². The van der Waals surface area contributed by atoms with Crippen molar-refractivity contribution in [2.45, 2.75) is 19.0 Å². The van der Waals surface area contributed by atoms with Gasteiger partial charge in [-0.15, -0.1) is 0 Å². The summed E-state index contributed by atoms with van der Waals surface area (Å²) in [5.74, 6) is 0.0927. The van der Waals surface area contributed by atoms with E-state index in [1.807, 2.05) is 0 Å². The van der Waals surface area contributed by atoms with Gasteiger partial charge in [-0.2, -0.15) is 13.2 Å². The summed E-state index contributed by atoms with van der Waals surface area (Å²) < 4.78 is 38.4. The number of nitrogens with zero attached hydrogens (tertiary/aromatic N) is 3. The Balaban J connectivity index is 2.03. The number of hydrazine groups is 1. The Morgan fingerprint density at radius 3 is 2.71 bits per heavy atom. The molecule has 1 saturated heterocycles. The van der Waals surface area contributed by atoms with Gasteiger partial charge in [0.1, 0.15) is 6.33 Å². The summed E-state index contributed by atoms with van der Waals surface area (Å²) >= 11 is 0. The quantitative estimate of drug-likeness (QED) is 0.925. The summed E-state index contributed by atoms with van der Waals surface area (Å²) in [4.78, 5) is 19.5. The standard InChI is InChI=1S/C13H11F3N4O/c14-13(15,16)8-3-4-10-9(6-8)12(18-7-17-10)19-20-5-1-2-11(20)21/h3-4,6-7H,1-2,5H2,(H,17,18,19). The molecule has 5 nitrogen and oxygen atoms in total. The van der Waals surface area contributed by atoms with Gasteiger partial charge in [0, 0.05) is 18.4 Å². The molecule has 0 spiro atoms. The first-order chi connectivity index (χ1) is 9.95. The largest absolute Gasteiger partial charge is 0.416 e. The minimum absolute atomic E-state index is 0.103. The van der Waals surface area contributed by atoms with E-state index in [4.69, 9.17) is 0 Å². The van der Waals surface area contributed by atoms with Crippen LogP contribution in [-0.2, 0) is 11.0 Å². The molecule has 0 aliphatic carbocycles.